The first kappa shape index (κ1) is 9.84. The van der Waals surface area contributed by atoms with E-state index >= 15 is 0 Å². The standard InChI is InChI=1S/C6H11NO.C4H5N/c8-6-4-2-1-3-5-7-6;1-2-4-5-3-1/h1-5H2,(H,7,8);1-5H. The summed E-state index contributed by atoms with van der Waals surface area (Å²) in [4.78, 5) is 13.4. The molecule has 1 saturated heterocycles. The molecule has 0 unspecified atom stereocenters. The molecule has 2 rings (SSSR count). The van der Waals surface area contributed by atoms with E-state index in [1.54, 1.807) is 0 Å². The van der Waals surface area contributed by atoms with Crippen LogP contribution in [-0.2, 0) is 4.79 Å². The van der Waals surface area contributed by atoms with Gasteiger partial charge in [-0.25, -0.2) is 0 Å². The number of hydrogen-bond acceptors (Lipinski definition) is 1. The smallest absolute Gasteiger partial charge is 0.219 e. The Hall–Kier alpha value is -1.25. The van der Waals surface area contributed by atoms with E-state index in [0.29, 0.717) is 0 Å². The minimum absolute atomic E-state index is 0.225. The molecule has 0 saturated carbocycles. The Balaban J connectivity index is 0.000000145. The first-order valence-electron chi connectivity index (χ1n) is 4.74. The quantitative estimate of drug-likeness (QED) is 0.627. The number of hydrogen-bond donors (Lipinski definition) is 2. The van der Waals surface area contributed by atoms with Gasteiger partial charge in [-0.05, 0) is 25.0 Å². The van der Waals surface area contributed by atoms with E-state index in [-0.39, 0.29) is 5.91 Å². The predicted molar refractivity (Wildman–Crippen MR) is 52.3 cm³/mol. The monoisotopic (exact) mass is 180 g/mol. The van der Waals surface area contributed by atoms with Crippen molar-refractivity contribution in [2.24, 2.45) is 0 Å². The Morgan fingerprint density at radius 2 is 1.85 bits per heavy atom. The number of carbonyl (C=O) groups excluding carboxylic acids is 1. The summed E-state index contributed by atoms with van der Waals surface area (Å²) in [6, 6.07) is 3.89. The van der Waals surface area contributed by atoms with Gasteiger partial charge in [0.05, 0.1) is 0 Å². The first-order valence-corrected chi connectivity index (χ1v) is 4.74. The summed E-state index contributed by atoms with van der Waals surface area (Å²) in [7, 11) is 0. The second kappa shape index (κ2) is 6.29. The number of amides is 1. The summed E-state index contributed by atoms with van der Waals surface area (Å²) in [5.41, 5.74) is 0. The van der Waals surface area contributed by atoms with E-state index in [9.17, 15) is 4.79 Å². The maximum Gasteiger partial charge on any atom is 0.219 e. The van der Waals surface area contributed by atoms with Crippen molar-refractivity contribution in [2.45, 2.75) is 25.7 Å². The Bertz CT molecular complexity index is 192. The molecule has 0 bridgehead atoms. The Morgan fingerprint density at radius 1 is 1.08 bits per heavy atom. The van der Waals surface area contributed by atoms with Gasteiger partial charge in [0, 0.05) is 25.4 Å². The maximum absolute atomic E-state index is 10.6. The number of aromatic nitrogens is 1. The highest BCUT2D eigenvalue weighted by molar-refractivity contribution is 5.75. The van der Waals surface area contributed by atoms with Crippen molar-refractivity contribution in [3.63, 3.8) is 0 Å². The molecule has 3 nitrogen and oxygen atoms in total. The van der Waals surface area contributed by atoms with Gasteiger partial charge in [-0.1, -0.05) is 6.42 Å². The maximum atomic E-state index is 10.6. The molecule has 1 aliphatic rings. The van der Waals surface area contributed by atoms with Crippen molar-refractivity contribution in [1.29, 1.82) is 0 Å². The molecule has 2 N–H and O–H groups in total. The lowest BCUT2D eigenvalue weighted by molar-refractivity contribution is -0.120. The SMILES string of the molecule is O=C1CCCCCN1.c1cc[nH]c1. The Labute approximate surface area is 78.5 Å². The Morgan fingerprint density at radius 3 is 2.46 bits per heavy atom. The van der Waals surface area contributed by atoms with Crippen molar-refractivity contribution in [1.82, 2.24) is 10.3 Å². The molecule has 1 aromatic heterocycles. The van der Waals surface area contributed by atoms with Crippen LogP contribution in [0.2, 0.25) is 0 Å². The van der Waals surface area contributed by atoms with Crippen molar-refractivity contribution in [3.8, 4) is 0 Å². The summed E-state index contributed by atoms with van der Waals surface area (Å²) in [5, 5.41) is 2.81. The molecule has 0 spiro atoms. The van der Waals surface area contributed by atoms with E-state index in [0.717, 1.165) is 25.8 Å². The lowest BCUT2D eigenvalue weighted by Gasteiger charge is -1.93. The topological polar surface area (TPSA) is 44.9 Å². The van der Waals surface area contributed by atoms with Crippen molar-refractivity contribution < 1.29 is 4.79 Å². The summed E-state index contributed by atoms with van der Waals surface area (Å²) in [6.45, 7) is 0.888. The van der Waals surface area contributed by atoms with E-state index in [1.807, 2.05) is 24.5 Å². The van der Waals surface area contributed by atoms with Crippen LogP contribution < -0.4 is 5.32 Å². The van der Waals surface area contributed by atoms with Crippen molar-refractivity contribution in [3.05, 3.63) is 24.5 Å². The summed E-state index contributed by atoms with van der Waals surface area (Å²) in [6.07, 6.45) is 7.93. The second-order valence-corrected chi connectivity index (χ2v) is 3.05. The minimum Gasteiger partial charge on any atom is -0.368 e. The van der Waals surface area contributed by atoms with Crippen LogP contribution in [0.4, 0.5) is 0 Å². The fraction of sp³-hybridized carbons (Fsp3) is 0.500. The highest BCUT2D eigenvalue weighted by atomic mass is 16.1. The molecule has 0 aliphatic carbocycles. The van der Waals surface area contributed by atoms with Gasteiger partial charge >= 0.3 is 0 Å². The van der Waals surface area contributed by atoms with Crippen LogP contribution in [0.1, 0.15) is 25.7 Å². The van der Waals surface area contributed by atoms with Crippen molar-refractivity contribution >= 4 is 5.91 Å². The van der Waals surface area contributed by atoms with Gasteiger partial charge in [0.2, 0.25) is 5.91 Å². The molecular formula is C10H16N2O. The number of aromatic amines is 1. The molecule has 1 fully saturated rings. The normalized spacial score (nSPS) is 16.5. The average molecular weight is 180 g/mol. The molecular weight excluding hydrogens is 164 g/mol. The lowest BCUT2D eigenvalue weighted by atomic mass is 10.2. The van der Waals surface area contributed by atoms with Gasteiger partial charge in [-0.3, -0.25) is 4.79 Å². The van der Waals surface area contributed by atoms with Gasteiger partial charge in [0.25, 0.3) is 0 Å². The molecule has 1 amide bonds. The number of rotatable bonds is 0. The van der Waals surface area contributed by atoms with Crippen LogP contribution in [0.3, 0.4) is 0 Å². The molecule has 0 aromatic carbocycles. The third kappa shape index (κ3) is 5.06. The van der Waals surface area contributed by atoms with Crippen LogP contribution in [-0.4, -0.2) is 17.4 Å². The van der Waals surface area contributed by atoms with Crippen LogP contribution in [0, 0.1) is 0 Å². The number of nitrogens with one attached hydrogen (secondary N) is 2. The van der Waals surface area contributed by atoms with Gasteiger partial charge in [-0.2, -0.15) is 0 Å². The van der Waals surface area contributed by atoms with Gasteiger partial charge < -0.3 is 10.3 Å². The zero-order valence-electron chi connectivity index (χ0n) is 7.75. The van der Waals surface area contributed by atoms with Crippen LogP contribution in [0.15, 0.2) is 24.5 Å². The highest BCUT2D eigenvalue weighted by Crippen LogP contribution is 2.02. The summed E-state index contributed by atoms with van der Waals surface area (Å²) in [5.74, 6) is 0.225. The summed E-state index contributed by atoms with van der Waals surface area (Å²) >= 11 is 0. The zero-order chi connectivity index (χ0) is 9.36. The molecule has 3 heteroatoms. The average Bonchev–Trinajstić information content (AvgIpc) is 2.62. The fourth-order valence-corrected chi connectivity index (χ4v) is 1.18. The third-order valence-corrected chi connectivity index (χ3v) is 1.90. The van der Waals surface area contributed by atoms with Crippen molar-refractivity contribution in [2.75, 3.05) is 6.54 Å². The molecule has 2 heterocycles. The molecule has 72 valence electrons. The second-order valence-electron chi connectivity index (χ2n) is 3.05. The highest BCUT2D eigenvalue weighted by Gasteiger charge is 2.03. The molecule has 1 aliphatic heterocycles. The van der Waals surface area contributed by atoms with Crippen LogP contribution >= 0.6 is 0 Å². The lowest BCUT2D eigenvalue weighted by Crippen LogP contribution is -2.21. The van der Waals surface area contributed by atoms with E-state index < -0.39 is 0 Å². The molecule has 0 atom stereocenters. The van der Waals surface area contributed by atoms with E-state index in [2.05, 4.69) is 10.3 Å². The van der Waals surface area contributed by atoms with Gasteiger partial charge in [-0.15, -0.1) is 0 Å². The van der Waals surface area contributed by atoms with Gasteiger partial charge in [0.15, 0.2) is 0 Å². The largest absolute Gasteiger partial charge is 0.368 e. The molecule has 1 aromatic rings. The fourth-order valence-electron chi connectivity index (χ4n) is 1.18. The van der Waals surface area contributed by atoms with E-state index in [4.69, 9.17) is 0 Å². The summed E-state index contributed by atoms with van der Waals surface area (Å²) < 4.78 is 0. The van der Waals surface area contributed by atoms with Crippen LogP contribution in [0.5, 0.6) is 0 Å². The number of carbonyl (C=O) groups is 1. The minimum atomic E-state index is 0.225. The predicted octanol–water partition coefficient (Wildman–Crippen LogP) is 1.69. The Kier molecular flexibility index (Phi) is 4.76. The molecule has 13 heavy (non-hydrogen) atoms. The van der Waals surface area contributed by atoms with Crippen LogP contribution in [0.25, 0.3) is 0 Å². The first-order chi connectivity index (χ1) is 6.39. The third-order valence-electron chi connectivity index (χ3n) is 1.90. The number of H-pyrrole nitrogens is 1. The van der Waals surface area contributed by atoms with Gasteiger partial charge in [0.1, 0.15) is 0 Å². The zero-order valence-corrected chi connectivity index (χ0v) is 7.75. The van der Waals surface area contributed by atoms with E-state index in [1.165, 1.54) is 6.42 Å². The molecule has 0 radical (unpaired) electrons.